The number of hydrogen-bond donors (Lipinski definition) is 1. The lowest BCUT2D eigenvalue weighted by atomic mass is 9.91. The largest absolute Gasteiger partial charge is 0.444 e. The summed E-state index contributed by atoms with van der Waals surface area (Å²) in [6.45, 7) is 13.7. The number of carbonyl (C=O) groups excluding carboxylic acids is 3. The molecule has 3 aromatic rings. The number of nitrogens with one attached hydrogen (secondary N) is 1. The van der Waals surface area contributed by atoms with E-state index in [1.165, 1.54) is 5.56 Å². The van der Waals surface area contributed by atoms with Gasteiger partial charge in [0.15, 0.2) is 0 Å². The maximum Gasteiger partial charge on any atom is 0.419 e. The van der Waals surface area contributed by atoms with Gasteiger partial charge in [-0.1, -0.05) is 12.1 Å². The number of nitrogens with zero attached hydrogens (tertiary/aromatic N) is 4. The number of aromatic nitrogens is 2. The van der Waals surface area contributed by atoms with Gasteiger partial charge in [-0.3, -0.25) is 9.69 Å². The van der Waals surface area contributed by atoms with Crippen LogP contribution in [0.5, 0.6) is 0 Å². The molecule has 2 aliphatic heterocycles. The predicted octanol–water partition coefficient (Wildman–Crippen LogP) is 7.81. The molecule has 2 saturated heterocycles. The average molecular weight is 646 g/mol. The molecule has 1 N–H and O–H groups in total. The smallest absolute Gasteiger partial charge is 0.419 e. The standard InChI is InChI=1S/C37H51N5O5/c1-36(2,3)46-34(44)41-20-17-26(18-21-41)11-8-10-25-13-15-27(16-14-25)33(43)39-32-23-30-28(24-38-32)22-31(29-12-9-19-40(29)7)42(30)35(45)47-37(4,5)6/h13-16,22-24,26,29H,8-12,17-21H2,1-7H3,(H,38,39,43)/t29-/m1/s1. The number of likely N-dealkylation sites (tertiary alicyclic amines) is 2. The van der Waals surface area contributed by atoms with Crippen LogP contribution in [0.2, 0.25) is 0 Å². The number of amides is 2. The molecule has 1 aromatic carbocycles. The van der Waals surface area contributed by atoms with Crippen LogP contribution >= 0.6 is 0 Å². The molecule has 254 valence electrons. The van der Waals surface area contributed by atoms with Crippen LogP contribution < -0.4 is 5.32 Å². The first-order valence-corrected chi connectivity index (χ1v) is 17.0. The lowest BCUT2D eigenvalue weighted by molar-refractivity contribution is 0.0180. The van der Waals surface area contributed by atoms with Crippen molar-refractivity contribution >= 4 is 34.8 Å². The minimum absolute atomic E-state index is 0.101. The number of pyridine rings is 1. The molecule has 47 heavy (non-hydrogen) atoms. The lowest BCUT2D eigenvalue weighted by Gasteiger charge is -2.33. The summed E-state index contributed by atoms with van der Waals surface area (Å²) in [5, 5.41) is 3.74. The summed E-state index contributed by atoms with van der Waals surface area (Å²) in [4.78, 5) is 47.6. The van der Waals surface area contributed by atoms with Crippen LogP contribution in [0.3, 0.4) is 0 Å². The molecule has 2 fully saturated rings. The zero-order chi connectivity index (χ0) is 33.9. The molecule has 5 rings (SSSR count). The Hall–Kier alpha value is -3.92. The van der Waals surface area contributed by atoms with Crippen molar-refractivity contribution in [1.29, 1.82) is 0 Å². The number of piperidine rings is 1. The molecule has 10 heteroatoms. The van der Waals surface area contributed by atoms with E-state index in [0.29, 0.717) is 22.8 Å². The molecule has 0 aliphatic carbocycles. The first kappa shape index (κ1) is 34.4. The molecule has 0 saturated carbocycles. The van der Waals surface area contributed by atoms with Gasteiger partial charge in [-0.25, -0.2) is 19.1 Å². The Morgan fingerprint density at radius 2 is 1.55 bits per heavy atom. The predicted molar refractivity (Wildman–Crippen MR) is 184 cm³/mol. The second-order valence-corrected chi connectivity index (χ2v) is 15.1. The van der Waals surface area contributed by atoms with Crippen molar-refractivity contribution in [1.82, 2.24) is 19.4 Å². The molecule has 0 bridgehead atoms. The molecular weight excluding hydrogens is 594 g/mol. The van der Waals surface area contributed by atoms with Crippen LogP contribution in [0.25, 0.3) is 10.9 Å². The van der Waals surface area contributed by atoms with Crippen LogP contribution in [-0.4, -0.2) is 75.3 Å². The van der Waals surface area contributed by atoms with Crippen molar-refractivity contribution in [2.24, 2.45) is 5.92 Å². The Morgan fingerprint density at radius 3 is 2.17 bits per heavy atom. The van der Waals surface area contributed by atoms with Crippen LogP contribution in [-0.2, 0) is 15.9 Å². The zero-order valence-corrected chi connectivity index (χ0v) is 29.1. The number of hydrogen-bond acceptors (Lipinski definition) is 7. The Morgan fingerprint density at radius 1 is 0.894 bits per heavy atom. The topological polar surface area (TPSA) is 106 Å². The molecule has 2 amide bonds. The second kappa shape index (κ2) is 14.1. The van der Waals surface area contributed by atoms with Gasteiger partial charge in [0.1, 0.15) is 17.0 Å². The summed E-state index contributed by atoms with van der Waals surface area (Å²) in [5.41, 5.74) is 2.14. The summed E-state index contributed by atoms with van der Waals surface area (Å²) in [7, 11) is 2.07. The summed E-state index contributed by atoms with van der Waals surface area (Å²) >= 11 is 0. The Kier molecular flexibility index (Phi) is 10.3. The quantitative estimate of drug-likeness (QED) is 0.279. The fraction of sp³-hybridized carbons (Fsp3) is 0.568. The van der Waals surface area contributed by atoms with Crippen molar-refractivity contribution in [2.45, 2.75) is 104 Å². The highest BCUT2D eigenvalue weighted by atomic mass is 16.6. The highest BCUT2D eigenvalue weighted by molar-refractivity contribution is 6.04. The monoisotopic (exact) mass is 645 g/mol. The van der Waals surface area contributed by atoms with E-state index in [1.54, 1.807) is 16.8 Å². The lowest BCUT2D eigenvalue weighted by Crippen LogP contribution is -2.41. The fourth-order valence-electron chi connectivity index (χ4n) is 6.57. The molecule has 2 aromatic heterocycles. The van der Waals surface area contributed by atoms with Gasteiger partial charge in [-0.05, 0) is 130 Å². The number of fused-ring (bicyclic) bond motifs is 1. The molecule has 4 heterocycles. The molecule has 0 unspecified atom stereocenters. The van der Waals surface area contributed by atoms with E-state index < -0.39 is 17.3 Å². The molecular formula is C37H51N5O5. The van der Waals surface area contributed by atoms with Crippen LogP contribution in [0.4, 0.5) is 15.4 Å². The van der Waals surface area contributed by atoms with E-state index in [4.69, 9.17) is 9.47 Å². The SMILES string of the molecule is CN1CCC[C@@H]1c1cc2cnc(NC(=O)c3ccc(CCCC4CCN(C(=O)OC(C)(C)C)CC4)cc3)cc2n1C(=O)OC(C)(C)C. The molecule has 0 radical (unpaired) electrons. The number of aryl methyl sites for hydroxylation is 1. The third kappa shape index (κ3) is 8.91. The highest BCUT2D eigenvalue weighted by Gasteiger charge is 2.31. The summed E-state index contributed by atoms with van der Waals surface area (Å²) in [5.74, 6) is 0.722. The molecule has 10 nitrogen and oxygen atoms in total. The number of anilines is 1. The van der Waals surface area contributed by atoms with Crippen LogP contribution in [0, 0.1) is 5.92 Å². The van der Waals surface area contributed by atoms with Crippen molar-refractivity contribution in [3.63, 3.8) is 0 Å². The van der Waals surface area contributed by atoms with Crippen molar-refractivity contribution in [3.8, 4) is 0 Å². The van der Waals surface area contributed by atoms with Gasteiger partial charge in [0.05, 0.1) is 11.6 Å². The van der Waals surface area contributed by atoms with E-state index in [1.807, 2.05) is 76.8 Å². The van der Waals surface area contributed by atoms with Crippen molar-refractivity contribution in [2.75, 3.05) is 32.0 Å². The number of benzene rings is 1. The summed E-state index contributed by atoms with van der Waals surface area (Å²) < 4.78 is 13.0. The molecule has 1 atom stereocenters. The maximum atomic E-state index is 13.4. The van der Waals surface area contributed by atoms with E-state index >= 15 is 0 Å². The van der Waals surface area contributed by atoms with Crippen LogP contribution in [0.15, 0.2) is 42.6 Å². The Balaban J connectivity index is 1.18. The van der Waals surface area contributed by atoms with Crippen molar-refractivity contribution in [3.05, 3.63) is 59.4 Å². The van der Waals surface area contributed by atoms with Gasteiger partial charge in [0.2, 0.25) is 0 Å². The van der Waals surface area contributed by atoms with Crippen molar-refractivity contribution < 1.29 is 23.9 Å². The van der Waals surface area contributed by atoms with E-state index in [-0.39, 0.29) is 18.0 Å². The minimum atomic E-state index is -0.649. The van der Waals surface area contributed by atoms with Gasteiger partial charge in [0, 0.05) is 42.0 Å². The van der Waals surface area contributed by atoms with Gasteiger partial charge in [-0.2, -0.15) is 0 Å². The average Bonchev–Trinajstić information content (AvgIpc) is 3.58. The zero-order valence-electron chi connectivity index (χ0n) is 29.1. The molecule has 0 spiro atoms. The highest BCUT2D eigenvalue weighted by Crippen LogP contribution is 2.35. The van der Waals surface area contributed by atoms with Gasteiger partial charge in [-0.15, -0.1) is 0 Å². The number of ether oxygens (including phenoxy) is 2. The fourth-order valence-corrected chi connectivity index (χ4v) is 6.57. The minimum Gasteiger partial charge on any atom is -0.444 e. The second-order valence-electron chi connectivity index (χ2n) is 15.1. The molecule has 2 aliphatic rings. The first-order valence-electron chi connectivity index (χ1n) is 17.0. The van der Waals surface area contributed by atoms with E-state index in [9.17, 15) is 14.4 Å². The maximum absolute atomic E-state index is 13.4. The number of rotatable bonds is 7. The Labute approximate surface area is 278 Å². The van der Waals surface area contributed by atoms with E-state index in [2.05, 4.69) is 22.2 Å². The summed E-state index contributed by atoms with van der Waals surface area (Å²) in [6, 6.07) is 11.6. The summed E-state index contributed by atoms with van der Waals surface area (Å²) in [6.07, 6.45) is 8.18. The normalized spacial score (nSPS) is 18.0. The van der Waals surface area contributed by atoms with Gasteiger partial charge in [0.25, 0.3) is 5.91 Å². The Bertz CT molecular complexity index is 1580. The van der Waals surface area contributed by atoms with Gasteiger partial charge >= 0.3 is 12.2 Å². The number of carbonyl (C=O) groups is 3. The third-order valence-electron chi connectivity index (χ3n) is 8.95. The van der Waals surface area contributed by atoms with E-state index in [0.717, 1.165) is 75.7 Å². The van der Waals surface area contributed by atoms with Gasteiger partial charge < -0.3 is 19.7 Å². The third-order valence-corrected chi connectivity index (χ3v) is 8.95. The van der Waals surface area contributed by atoms with Crippen LogP contribution in [0.1, 0.15) is 108 Å². The first-order chi connectivity index (χ1) is 22.2.